The number of para-hydroxylation sites is 1. The first-order chi connectivity index (χ1) is 13.4. The summed E-state index contributed by atoms with van der Waals surface area (Å²) in [5, 5.41) is 2.60. The van der Waals surface area contributed by atoms with E-state index in [1.165, 1.54) is 21.9 Å². The van der Waals surface area contributed by atoms with E-state index in [0.29, 0.717) is 0 Å². The summed E-state index contributed by atoms with van der Waals surface area (Å²) in [5.74, 6) is 1.63. The summed E-state index contributed by atoms with van der Waals surface area (Å²) in [5.41, 5.74) is 2.67. The summed E-state index contributed by atoms with van der Waals surface area (Å²) in [4.78, 5) is 0. The van der Waals surface area contributed by atoms with Gasteiger partial charge >= 0.3 is 0 Å². The number of ether oxygens (including phenoxy) is 2. The fourth-order valence-corrected chi connectivity index (χ4v) is 3.12. The van der Waals surface area contributed by atoms with Gasteiger partial charge in [0.25, 0.3) is 0 Å². The Morgan fingerprint density at radius 1 is 0.481 bits per heavy atom. The molecule has 0 aliphatic rings. The highest BCUT2D eigenvalue weighted by molar-refractivity contribution is 5.82. The zero-order chi connectivity index (χ0) is 18.3. The van der Waals surface area contributed by atoms with Crippen LogP contribution in [0.15, 0.2) is 97.1 Å². The quantitative estimate of drug-likeness (QED) is 0.377. The van der Waals surface area contributed by atoms with Crippen molar-refractivity contribution in [1.82, 2.24) is 0 Å². The molecule has 134 valence electrons. The van der Waals surface area contributed by atoms with Crippen molar-refractivity contribution in [3.63, 3.8) is 0 Å². The van der Waals surface area contributed by atoms with Crippen LogP contribution in [0.2, 0.25) is 0 Å². The van der Waals surface area contributed by atoms with Crippen LogP contribution in [0.3, 0.4) is 0 Å². The Balaban J connectivity index is 1.29. The summed E-state index contributed by atoms with van der Waals surface area (Å²) < 4.78 is 11.2. The molecule has 0 saturated heterocycles. The van der Waals surface area contributed by atoms with E-state index in [9.17, 15) is 0 Å². The van der Waals surface area contributed by atoms with E-state index in [0.717, 1.165) is 24.3 Å². The van der Waals surface area contributed by atoms with Crippen molar-refractivity contribution < 1.29 is 9.47 Å². The first kappa shape index (κ1) is 17.2. The lowest BCUT2D eigenvalue weighted by molar-refractivity contribution is 0.120. The molecule has 0 atom stereocenters. The summed E-state index contributed by atoms with van der Waals surface area (Å²) in [6, 6.07) is 33.1. The molecule has 4 aromatic rings. The zero-order valence-corrected chi connectivity index (χ0v) is 15.2. The van der Waals surface area contributed by atoms with Gasteiger partial charge in [0.1, 0.15) is 11.5 Å². The predicted molar refractivity (Wildman–Crippen MR) is 110 cm³/mol. The van der Waals surface area contributed by atoms with Crippen LogP contribution in [-0.4, -0.2) is 6.79 Å². The minimum atomic E-state index is 0.209. The van der Waals surface area contributed by atoms with Crippen LogP contribution < -0.4 is 9.47 Å². The normalized spacial score (nSPS) is 10.7. The Labute approximate surface area is 160 Å². The minimum Gasteiger partial charge on any atom is -0.458 e. The summed E-state index contributed by atoms with van der Waals surface area (Å²) >= 11 is 0. The van der Waals surface area contributed by atoms with Crippen LogP contribution in [0.1, 0.15) is 11.1 Å². The highest BCUT2D eigenvalue weighted by atomic mass is 16.7. The Hall–Kier alpha value is -3.26. The molecule has 4 rings (SSSR count). The number of hydrogen-bond acceptors (Lipinski definition) is 2. The maximum atomic E-state index is 5.65. The van der Waals surface area contributed by atoms with Crippen LogP contribution in [0.25, 0.3) is 10.8 Å². The van der Waals surface area contributed by atoms with E-state index in [2.05, 4.69) is 54.6 Å². The number of rotatable bonds is 7. The Morgan fingerprint density at radius 2 is 1.07 bits per heavy atom. The van der Waals surface area contributed by atoms with E-state index in [4.69, 9.17) is 9.47 Å². The van der Waals surface area contributed by atoms with Gasteiger partial charge in [-0.3, -0.25) is 0 Å². The van der Waals surface area contributed by atoms with Crippen molar-refractivity contribution in [2.75, 3.05) is 6.79 Å². The lowest BCUT2D eigenvalue weighted by atomic mass is 10.0. The first-order valence-corrected chi connectivity index (χ1v) is 9.24. The standard InChI is InChI=1S/C25H22O2/c1-2-8-24(9-3-1)26-19-27-25-16-13-20(14-17-25)10-11-21-12-15-22-6-4-5-7-23(22)18-21/h1-9,12-18H,10-11,19H2. The van der Waals surface area contributed by atoms with Crippen LogP contribution in [0.5, 0.6) is 11.5 Å². The second-order valence-corrected chi connectivity index (χ2v) is 6.55. The summed E-state index contributed by atoms with van der Waals surface area (Å²) in [7, 11) is 0. The van der Waals surface area contributed by atoms with Crippen molar-refractivity contribution in [3.8, 4) is 11.5 Å². The van der Waals surface area contributed by atoms with Crippen LogP contribution in [0.4, 0.5) is 0 Å². The molecule has 0 amide bonds. The monoisotopic (exact) mass is 354 g/mol. The number of hydrogen-bond donors (Lipinski definition) is 0. The van der Waals surface area contributed by atoms with E-state index >= 15 is 0 Å². The summed E-state index contributed by atoms with van der Waals surface area (Å²) in [6.07, 6.45) is 2.04. The molecule has 0 unspecified atom stereocenters. The van der Waals surface area contributed by atoms with Gasteiger partial charge in [-0.05, 0) is 59.0 Å². The van der Waals surface area contributed by atoms with Crippen molar-refractivity contribution in [2.24, 2.45) is 0 Å². The van der Waals surface area contributed by atoms with Gasteiger partial charge in [-0.15, -0.1) is 0 Å². The maximum absolute atomic E-state index is 5.65. The molecule has 0 radical (unpaired) electrons. The second-order valence-electron chi connectivity index (χ2n) is 6.55. The van der Waals surface area contributed by atoms with E-state index in [1.807, 2.05) is 42.5 Å². The third-order valence-corrected chi connectivity index (χ3v) is 4.63. The number of fused-ring (bicyclic) bond motifs is 1. The average Bonchev–Trinajstić information content (AvgIpc) is 2.74. The van der Waals surface area contributed by atoms with Crippen molar-refractivity contribution >= 4 is 10.8 Å². The van der Waals surface area contributed by atoms with Crippen LogP contribution >= 0.6 is 0 Å². The van der Waals surface area contributed by atoms with Gasteiger partial charge in [0.15, 0.2) is 0 Å². The molecular formula is C25H22O2. The van der Waals surface area contributed by atoms with Crippen molar-refractivity contribution in [2.45, 2.75) is 12.8 Å². The largest absolute Gasteiger partial charge is 0.458 e. The molecule has 4 aromatic carbocycles. The average molecular weight is 354 g/mol. The minimum absolute atomic E-state index is 0.209. The lowest BCUT2D eigenvalue weighted by Crippen LogP contribution is -2.05. The van der Waals surface area contributed by atoms with E-state index in [1.54, 1.807) is 0 Å². The van der Waals surface area contributed by atoms with Gasteiger partial charge in [-0.1, -0.05) is 72.8 Å². The van der Waals surface area contributed by atoms with Gasteiger partial charge in [0.05, 0.1) is 0 Å². The molecular weight excluding hydrogens is 332 g/mol. The summed E-state index contributed by atoms with van der Waals surface area (Å²) in [6.45, 7) is 0.209. The third kappa shape index (κ3) is 4.68. The maximum Gasteiger partial charge on any atom is 0.230 e. The van der Waals surface area contributed by atoms with E-state index in [-0.39, 0.29) is 6.79 Å². The van der Waals surface area contributed by atoms with Crippen LogP contribution in [0, 0.1) is 0 Å². The highest BCUT2D eigenvalue weighted by Gasteiger charge is 2.00. The van der Waals surface area contributed by atoms with Gasteiger partial charge in [0.2, 0.25) is 6.79 Å². The fraction of sp³-hybridized carbons (Fsp3) is 0.120. The van der Waals surface area contributed by atoms with Gasteiger partial charge in [-0.25, -0.2) is 0 Å². The molecule has 0 N–H and O–H groups in total. The predicted octanol–water partition coefficient (Wildman–Crippen LogP) is 6.04. The molecule has 0 saturated carbocycles. The zero-order valence-electron chi connectivity index (χ0n) is 15.2. The van der Waals surface area contributed by atoms with Crippen LogP contribution in [-0.2, 0) is 12.8 Å². The first-order valence-electron chi connectivity index (χ1n) is 9.24. The molecule has 0 aliphatic carbocycles. The van der Waals surface area contributed by atoms with Gasteiger partial charge in [0, 0.05) is 0 Å². The Bertz CT molecular complexity index is 991. The topological polar surface area (TPSA) is 18.5 Å². The highest BCUT2D eigenvalue weighted by Crippen LogP contribution is 2.18. The third-order valence-electron chi connectivity index (χ3n) is 4.63. The number of benzene rings is 4. The smallest absolute Gasteiger partial charge is 0.230 e. The molecule has 0 bridgehead atoms. The fourth-order valence-electron chi connectivity index (χ4n) is 3.12. The lowest BCUT2D eigenvalue weighted by Gasteiger charge is -2.09. The van der Waals surface area contributed by atoms with Crippen molar-refractivity contribution in [3.05, 3.63) is 108 Å². The second kappa shape index (κ2) is 8.41. The van der Waals surface area contributed by atoms with Gasteiger partial charge in [-0.2, -0.15) is 0 Å². The molecule has 0 aromatic heterocycles. The molecule has 2 nitrogen and oxygen atoms in total. The van der Waals surface area contributed by atoms with E-state index < -0.39 is 0 Å². The molecule has 0 fully saturated rings. The molecule has 27 heavy (non-hydrogen) atoms. The van der Waals surface area contributed by atoms with Gasteiger partial charge < -0.3 is 9.47 Å². The SMILES string of the molecule is c1ccc(OCOc2ccc(CCc3ccc4ccccc4c3)cc2)cc1. The Morgan fingerprint density at radius 3 is 1.85 bits per heavy atom. The Kier molecular flexibility index (Phi) is 5.35. The molecule has 0 heterocycles. The van der Waals surface area contributed by atoms with Crippen molar-refractivity contribution in [1.29, 1.82) is 0 Å². The molecule has 0 spiro atoms. The molecule has 2 heteroatoms. The number of aryl methyl sites for hydroxylation is 2. The molecule has 0 aliphatic heterocycles.